The lowest BCUT2D eigenvalue weighted by Crippen LogP contribution is -2.38. The number of carbonyl (C=O) groups excluding carboxylic acids is 1. The van der Waals surface area contributed by atoms with E-state index in [4.69, 9.17) is 11.6 Å². The SMILES string of the molecule is Cc1cccc(N(CCNC(=O)c2ccc(Cl)cc2)S(C)(=O)=O)c1. The minimum absolute atomic E-state index is 0.154. The van der Waals surface area contributed by atoms with Crippen molar-refractivity contribution in [2.45, 2.75) is 6.92 Å². The van der Waals surface area contributed by atoms with Crippen molar-refractivity contribution >= 4 is 33.2 Å². The number of rotatable bonds is 6. The first-order chi connectivity index (χ1) is 11.3. The van der Waals surface area contributed by atoms with Gasteiger partial charge in [-0.25, -0.2) is 8.42 Å². The molecule has 0 aromatic heterocycles. The quantitative estimate of drug-likeness (QED) is 0.854. The summed E-state index contributed by atoms with van der Waals surface area (Å²) in [6, 6.07) is 13.7. The Kier molecular flexibility index (Phi) is 5.85. The van der Waals surface area contributed by atoms with E-state index in [9.17, 15) is 13.2 Å². The van der Waals surface area contributed by atoms with E-state index in [1.54, 1.807) is 42.5 Å². The summed E-state index contributed by atoms with van der Waals surface area (Å²) in [6.45, 7) is 2.25. The number of sulfonamides is 1. The van der Waals surface area contributed by atoms with Gasteiger partial charge in [0, 0.05) is 17.1 Å². The molecule has 1 N–H and O–H groups in total. The fourth-order valence-electron chi connectivity index (χ4n) is 2.24. The van der Waals surface area contributed by atoms with Gasteiger partial charge < -0.3 is 5.32 Å². The molecule has 0 radical (unpaired) electrons. The molecule has 0 saturated carbocycles. The fraction of sp³-hybridized carbons (Fsp3) is 0.235. The lowest BCUT2D eigenvalue weighted by Gasteiger charge is -2.23. The van der Waals surface area contributed by atoms with E-state index < -0.39 is 10.0 Å². The first kappa shape index (κ1) is 18.3. The van der Waals surface area contributed by atoms with Crippen LogP contribution in [0, 0.1) is 6.92 Å². The largest absolute Gasteiger partial charge is 0.350 e. The molecule has 0 heterocycles. The molecule has 0 unspecified atom stereocenters. The molecule has 1 amide bonds. The first-order valence-electron chi connectivity index (χ1n) is 7.35. The van der Waals surface area contributed by atoms with Crippen LogP contribution in [0.5, 0.6) is 0 Å². The van der Waals surface area contributed by atoms with Gasteiger partial charge in [-0.3, -0.25) is 9.10 Å². The molecule has 0 aliphatic rings. The Balaban J connectivity index is 2.04. The van der Waals surface area contributed by atoms with E-state index in [0.29, 0.717) is 16.3 Å². The fourth-order valence-corrected chi connectivity index (χ4v) is 3.29. The summed E-state index contributed by atoms with van der Waals surface area (Å²) in [7, 11) is -3.44. The first-order valence-corrected chi connectivity index (χ1v) is 9.58. The molecule has 7 heteroatoms. The van der Waals surface area contributed by atoms with Crippen LogP contribution in [0.25, 0.3) is 0 Å². The molecule has 0 spiro atoms. The van der Waals surface area contributed by atoms with Crippen molar-refractivity contribution < 1.29 is 13.2 Å². The van der Waals surface area contributed by atoms with E-state index >= 15 is 0 Å². The Labute approximate surface area is 147 Å². The second kappa shape index (κ2) is 7.68. The maximum absolute atomic E-state index is 12.1. The van der Waals surface area contributed by atoms with Crippen LogP contribution >= 0.6 is 11.6 Å². The summed E-state index contributed by atoms with van der Waals surface area (Å²) >= 11 is 5.79. The molecule has 0 aliphatic carbocycles. The third-order valence-electron chi connectivity index (χ3n) is 3.40. The van der Waals surface area contributed by atoms with Gasteiger partial charge in [0.25, 0.3) is 5.91 Å². The van der Waals surface area contributed by atoms with Crippen molar-refractivity contribution in [2.24, 2.45) is 0 Å². The maximum Gasteiger partial charge on any atom is 0.251 e. The molecule has 5 nitrogen and oxygen atoms in total. The lowest BCUT2D eigenvalue weighted by molar-refractivity contribution is 0.0955. The van der Waals surface area contributed by atoms with Crippen LogP contribution in [0.3, 0.4) is 0 Å². The standard InChI is InChI=1S/C17H19ClN2O3S/c1-13-4-3-5-16(12-13)20(24(2,22)23)11-10-19-17(21)14-6-8-15(18)9-7-14/h3-9,12H,10-11H2,1-2H3,(H,19,21). The monoisotopic (exact) mass is 366 g/mol. The van der Waals surface area contributed by atoms with Gasteiger partial charge in [-0.1, -0.05) is 23.7 Å². The minimum atomic E-state index is -3.44. The zero-order valence-electron chi connectivity index (χ0n) is 13.5. The second-order valence-corrected chi connectivity index (χ2v) is 7.78. The molecule has 2 aromatic rings. The van der Waals surface area contributed by atoms with Crippen molar-refractivity contribution in [3.05, 3.63) is 64.7 Å². The summed E-state index contributed by atoms with van der Waals surface area (Å²) in [5.41, 5.74) is 2.02. The predicted molar refractivity (Wildman–Crippen MR) is 97.2 cm³/mol. The van der Waals surface area contributed by atoms with Crippen LogP contribution in [-0.4, -0.2) is 33.7 Å². The van der Waals surface area contributed by atoms with Crippen LogP contribution in [-0.2, 0) is 10.0 Å². The van der Waals surface area contributed by atoms with Crippen molar-refractivity contribution in [2.75, 3.05) is 23.7 Å². The number of aryl methyl sites for hydroxylation is 1. The van der Waals surface area contributed by atoms with Gasteiger partial charge in [-0.05, 0) is 48.9 Å². The molecule has 0 fully saturated rings. The predicted octanol–water partition coefficient (Wildman–Crippen LogP) is 2.84. The Morgan fingerprint density at radius 3 is 2.42 bits per heavy atom. The zero-order chi connectivity index (χ0) is 17.7. The highest BCUT2D eigenvalue weighted by Crippen LogP contribution is 2.18. The number of carbonyl (C=O) groups is 1. The third kappa shape index (κ3) is 4.97. The van der Waals surface area contributed by atoms with Gasteiger partial charge in [0.15, 0.2) is 0 Å². The molecule has 0 saturated heterocycles. The van der Waals surface area contributed by atoms with E-state index in [2.05, 4.69) is 5.32 Å². The third-order valence-corrected chi connectivity index (χ3v) is 4.84. The van der Waals surface area contributed by atoms with Crippen molar-refractivity contribution in [3.8, 4) is 0 Å². The highest BCUT2D eigenvalue weighted by Gasteiger charge is 2.17. The van der Waals surface area contributed by atoms with Gasteiger partial charge in [0.1, 0.15) is 0 Å². The van der Waals surface area contributed by atoms with E-state index in [-0.39, 0.29) is 19.0 Å². The molecule has 0 atom stereocenters. The van der Waals surface area contributed by atoms with E-state index in [1.807, 2.05) is 13.0 Å². The van der Waals surface area contributed by atoms with Crippen LogP contribution < -0.4 is 9.62 Å². The van der Waals surface area contributed by atoms with Crippen LogP contribution in [0.4, 0.5) is 5.69 Å². The van der Waals surface area contributed by atoms with Crippen LogP contribution in [0.2, 0.25) is 5.02 Å². The molecule has 2 rings (SSSR count). The second-order valence-electron chi connectivity index (χ2n) is 5.44. The summed E-state index contributed by atoms with van der Waals surface area (Å²) in [6.07, 6.45) is 1.15. The maximum atomic E-state index is 12.1. The number of nitrogens with zero attached hydrogens (tertiary/aromatic N) is 1. The molecule has 128 valence electrons. The van der Waals surface area contributed by atoms with E-state index in [0.717, 1.165) is 11.8 Å². The Bertz CT molecular complexity index is 820. The summed E-state index contributed by atoms with van der Waals surface area (Å²) in [4.78, 5) is 12.1. The average molecular weight is 367 g/mol. The summed E-state index contributed by atoms with van der Waals surface area (Å²) < 4.78 is 25.3. The molecular formula is C17H19ClN2O3S. The van der Waals surface area contributed by atoms with Gasteiger partial charge in [0.2, 0.25) is 10.0 Å². The number of benzene rings is 2. The Hall–Kier alpha value is -2.05. The molecular weight excluding hydrogens is 348 g/mol. The lowest BCUT2D eigenvalue weighted by atomic mass is 10.2. The highest BCUT2D eigenvalue weighted by atomic mass is 35.5. The molecule has 24 heavy (non-hydrogen) atoms. The number of halogens is 1. The topological polar surface area (TPSA) is 66.5 Å². The van der Waals surface area contributed by atoms with Crippen molar-refractivity contribution in [3.63, 3.8) is 0 Å². The molecule has 2 aromatic carbocycles. The van der Waals surface area contributed by atoms with Gasteiger partial charge >= 0.3 is 0 Å². The van der Waals surface area contributed by atoms with Crippen LogP contribution in [0.1, 0.15) is 15.9 Å². The number of hydrogen-bond acceptors (Lipinski definition) is 3. The minimum Gasteiger partial charge on any atom is -0.350 e. The number of amides is 1. The van der Waals surface area contributed by atoms with Crippen molar-refractivity contribution in [1.82, 2.24) is 5.32 Å². The summed E-state index contributed by atoms with van der Waals surface area (Å²) in [5, 5.41) is 3.27. The smallest absolute Gasteiger partial charge is 0.251 e. The van der Waals surface area contributed by atoms with Crippen molar-refractivity contribution in [1.29, 1.82) is 0 Å². The van der Waals surface area contributed by atoms with Gasteiger partial charge in [-0.15, -0.1) is 0 Å². The van der Waals surface area contributed by atoms with Gasteiger partial charge in [-0.2, -0.15) is 0 Å². The number of nitrogens with one attached hydrogen (secondary N) is 1. The molecule has 0 bridgehead atoms. The van der Waals surface area contributed by atoms with Gasteiger partial charge in [0.05, 0.1) is 18.5 Å². The number of anilines is 1. The Morgan fingerprint density at radius 2 is 1.83 bits per heavy atom. The molecule has 0 aliphatic heterocycles. The van der Waals surface area contributed by atoms with Crippen LogP contribution in [0.15, 0.2) is 48.5 Å². The van der Waals surface area contributed by atoms with E-state index in [1.165, 1.54) is 4.31 Å². The Morgan fingerprint density at radius 1 is 1.17 bits per heavy atom. The summed E-state index contributed by atoms with van der Waals surface area (Å²) in [5.74, 6) is -0.274. The zero-order valence-corrected chi connectivity index (χ0v) is 15.1. The number of hydrogen-bond donors (Lipinski definition) is 1. The normalized spacial score (nSPS) is 11.1. The highest BCUT2D eigenvalue weighted by molar-refractivity contribution is 7.92. The average Bonchev–Trinajstić information content (AvgIpc) is 2.50.